The third-order valence-electron chi connectivity index (χ3n) is 4.29. The standard InChI is InChI=1S/C21H21OS.C4H5F3/c1-16-4-10-19(11-5-16)23(20-12-6-17(2)7-13-20)21-14-8-18(22-3)9-15-21;1-3(2)4(5,6)7/h4-15H,1-3H3;1H2,2H3/q+1;. The maximum Gasteiger partial charge on any atom is 0.411 e. The van der Waals surface area contributed by atoms with E-state index in [0.29, 0.717) is 0 Å². The third kappa shape index (κ3) is 6.70. The lowest BCUT2D eigenvalue weighted by Crippen LogP contribution is -2.06. The van der Waals surface area contributed by atoms with Crippen molar-refractivity contribution in [2.45, 2.75) is 41.6 Å². The van der Waals surface area contributed by atoms with E-state index >= 15 is 0 Å². The summed E-state index contributed by atoms with van der Waals surface area (Å²) >= 11 is 0. The molecule has 3 aromatic carbocycles. The van der Waals surface area contributed by atoms with Gasteiger partial charge in [-0.2, -0.15) is 13.2 Å². The second kappa shape index (κ2) is 10.4. The number of allylic oxidation sites excluding steroid dienone is 1. The number of hydrogen-bond acceptors (Lipinski definition) is 1. The van der Waals surface area contributed by atoms with Crippen LogP contribution in [0.4, 0.5) is 13.2 Å². The van der Waals surface area contributed by atoms with Gasteiger partial charge < -0.3 is 4.74 Å². The van der Waals surface area contributed by atoms with Crippen LogP contribution < -0.4 is 4.74 Å². The maximum atomic E-state index is 11.1. The van der Waals surface area contributed by atoms with Crippen molar-refractivity contribution in [2.24, 2.45) is 0 Å². The molecular weight excluding hydrogens is 405 g/mol. The summed E-state index contributed by atoms with van der Waals surface area (Å²) in [4.78, 5) is 3.98. The van der Waals surface area contributed by atoms with E-state index in [9.17, 15) is 13.2 Å². The van der Waals surface area contributed by atoms with Gasteiger partial charge in [-0.15, -0.1) is 0 Å². The van der Waals surface area contributed by atoms with Crippen molar-refractivity contribution in [3.63, 3.8) is 0 Å². The number of ether oxygens (including phenoxy) is 1. The Bertz CT molecular complexity index is 898. The van der Waals surface area contributed by atoms with Crippen molar-refractivity contribution in [1.29, 1.82) is 0 Å². The number of alkyl halides is 3. The minimum Gasteiger partial charge on any atom is -0.497 e. The molecule has 0 spiro atoms. The molecule has 0 fully saturated rings. The van der Waals surface area contributed by atoms with E-state index in [1.165, 1.54) is 25.8 Å². The first kappa shape index (κ1) is 23.6. The molecule has 0 aliphatic carbocycles. The minimum atomic E-state index is -4.19. The van der Waals surface area contributed by atoms with E-state index in [-0.39, 0.29) is 10.9 Å². The van der Waals surface area contributed by atoms with Gasteiger partial charge in [-0.05, 0) is 69.3 Å². The summed E-state index contributed by atoms with van der Waals surface area (Å²) < 4.78 is 38.5. The summed E-state index contributed by atoms with van der Waals surface area (Å²) in [6.45, 7) is 7.88. The summed E-state index contributed by atoms with van der Waals surface area (Å²) in [6, 6.07) is 26.1. The molecule has 0 heterocycles. The summed E-state index contributed by atoms with van der Waals surface area (Å²) in [6.07, 6.45) is -4.19. The Morgan fingerprint density at radius 1 is 0.733 bits per heavy atom. The van der Waals surface area contributed by atoms with Crippen LogP contribution in [0, 0.1) is 13.8 Å². The SMILES string of the molecule is C=C(C)C(F)(F)F.COc1ccc([S+](c2ccc(C)cc2)c2ccc(C)cc2)cc1. The van der Waals surface area contributed by atoms with Crippen molar-refractivity contribution < 1.29 is 17.9 Å². The van der Waals surface area contributed by atoms with Crippen LogP contribution in [0.5, 0.6) is 5.75 Å². The molecule has 0 unspecified atom stereocenters. The normalized spacial score (nSPS) is 10.9. The highest BCUT2D eigenvalue weighted by atomic mass is 32.2. The third-order valence-corrected chi connectivity index (χ3v) is 6.52. The molecule has 0 aromatic heterocycles. The first-order valence-electron chi connectivity index (χ1n) is 9.36. The molecule has 30 heavy (non-hydrogen) atoms. The van der Waals surface area contributed by atoms with Crippen LogP contribution in [-0.2, 0) is 10.9 Å². The quantitative estimate of drug-likeness (QED) is 0.306. The predicted molar refractivity (Wildman–Crippen MR) is 118 cm³/mol. The Hall–Kier alpha value is -2.66. The fraction of sp³-hybridized carbons (Fsp3) is 0.200. The minimum absolute atomic E-state index is 0.0970. The fourth-order valence-electron chi connectivity index (χ4n) is 2.47. The van der Waals surface area contributed by atoms with E-state index in [1.54, 1.807) is 7.11 Å². The molecule has 158 valence electrons. The molecule has 0 radical (unpaired) electrons. The lowest BCUT2D eigenvalue weighted by atomic mass is 10.2. The number of benzene rings is 3. The molecule has 0 saturated carbocycles. The van der Waals surface area contributed by atoms with Gasteiger partial charge in [0.2, 0.25) is 0 Å². The molecule has 3 rings (SSSR count). The average Bonchev–Trinajstić information content (AvgIpc) is 2.71. The van der Waals surface area contributed by atoms with Gasteiger partial charge in [0.1, 0.15) is 5.75 Å². The smallest absolute Gasteiger partial charge is 0.411 e. The molecule has 1 nitrogen and oxygen atoms in total. The number of aryl methyl sites for hydroxylation is 2. The predicted octanol–water partition coefficient (Wildman–Crippen LogP) is 7.53. The fourth-order valence-corrected chi connectivity index (χ4v) is 4.51. The zero-order chi connectivity index (χ0) is 22.3. The molecule has 0 amide bonds. The zero-order valence-electron chi connectivity index (χ0n) is 17.6. The van der Waals surface area contributed by atoms with Crippen molar-refractivity contribution in [3.05, 3.63) is 96.1 Å². The monoisotopic (exact) mass is 431 g/mol. The van der Waals surface area contributed by atoms with Crippen LogP contribution >= 0.6 is 0 Å². The first-order valence-corrected chi connectivity index (χ1v) is 10.6. The van der Waals surface area contributed by atoms with E-state index < -0.39 is 11.7 Å². The van der Waals surface area contributed by atoms with Crippen molar-refractivity contribution in [1.82, 2.24) is 0 Å². The molecule has 0 bridgehead atoms. The molecule has 3 aromatic rings. The molecular formula is C25H26F3OS+. The Labute approximate surface area is 179 Å². The van der Waals surface area contributed by atoms with Gasteiger partial charge in [-0.25, -0.2) is 0 Å². The van der Waals surface area contributed by atoms with Gasteiger partial charge in [0.05, 0.1) is 18.0 Å². The van der Waals surface area contributed by atoms with Gasteiger partial charge >= 0.3 is 6.18 Å². The van der Waals surface area contributed by atoms with Crippen LogP contribution in [-0.4, -0.2) is 13.3 Å². The molecule has 0 atom stereocenters. The Balaban J connectivity index is 0.000000396. The summed E-state index contributed by atoms with van der Waals surface area (Å²) in [7, 11) is 1.61. The second-order valence-electron chi connectivity index (χ2n) is 6.89. The first-order chi connectivity index (χ1) is 14.1. The maximum absolute atomic E-state index is 11.1. The van der Waals surface area contributed by atoms with Gasteiger partial charge in [0.25, 0.3) is 0 Å². The summed E-state index contributed by atoms with van der Waals surface area (Å²) in [5.41, 5.74) is 1.82. The highest BCUT2D eigenvalue weighted by Gasteiger charge is 2.28. The lowest BCUT2D eigenvalue weighted by Gasteiger charge is -2.09. The Morgan fingerprint density at radius 2 is 1.03 bits per heavy atom. The van der Waals surface area contributed by atoms with Crippen LogP contribution in [0.25, 0.3) is 0 Å². The van der Waals surface area contributed by atoms with E-state index in [0.717, 1.165) is 12.7 Å². The Kier molecular flexibility index (Phi) is 8.18. The molecule has 0 saturated heterocycles. The van der Waals surface area contributed by atoms with Gasteiger partial charge in [0, 0.05) is 5.57 Å². The molecule has 0 N–H and O–H groups in total. The number of methoxy groups -OCH3 is 1. The van der Waals surface area contributed by atoms with Crippen molar-refractivity contribution in [3.8, 4) is 5.75 Å². The van der Waals surface area contributed by atoms with E-state index in [2.05, 4.69) is 81.1 Å². The molecule has 0 aliphatic heterocycles. The summed E-state index contributed by atoms with van der Waals surface area (Å²) in [5, 5.41) is 0. The number of hydrogen-bond donors (Lipinski definition) is 0. The lowest BCUT2D eigenvalue weighted by molar-refractivity contribution is -0.0909. The zero-order valence-corrected chi connectivity index (χ0v) is 18.4. The van der Waals surface area contributed by atoms with Crippen molar-refractivity contribution >= 4 is 10.9 Å². The topological polar surface area (TPSA) is 9.23 Å². The average molecular weight is 432 g/mol. The van der Waals surface area contributed by atoms with Crippen LogP contribution in [0.1, 0.15) is 18.1 Å². The largest absolute Gasteiger partial charge is 0.497 e. The van der Waals surface area contributed by atoms with Crippen LogP contribution in [0.3, 0.4) is 0 Å². The summed E-state index contributed by atoms with van der Waals surface area (Å²) in [5.74, 6) is 0.894. The highest BCUT2D eigenvalue weighted by Crippen LogP contribution is 2.32. The van der Waals surface area contributed by atoms with Crippen molar-refractivity contribution in [2.75, 3.05) is 7.11 Å². The number of rotatable bonds is 4. The van der Waals surface area contributed by atoms with Gasteiger partial charge in [-0.1, -0.05) is 42.0 Å². The van der Waals surface area contributed by atoms with Crippen LogP contribution in [0.2, 0.25) is 0 Å². The van der Waals surface area contributed by atoms with Gasteiger partial charge in [0.15, 0.2) is 14.7 Å². The Morgan fingerprint density at radius 3 is 1.30 bits per heavy atom. The van der Waals surface area contributed by atoms with E-state index in [1.807, 2.05) is 12.1 Å². The van der Waals surface area contributed by atoms with E-state index in [4.69, 9.17) is 4.74 Å². The molecule has 5 heteroatoms. The van der Waals surface area contributed by atoms with Gasteiger partial charge in [-0.3, -0.25) is 0 Å². The second-order valence-corrected chi connectivity index (χ2v) is 8.91. The van der Waals surface area contributed by atoms with Crippen LogP contribution in [0.15, 0.2) is 99.6 Å². The molecule has 0 aliphatic rings. The number of halogens is 3. The highest BCUT2D eigenvalue weighted by molar-refractivity contribution is 7.97.